The lowest BCUT2D eigenvalue weighted by Crippen LogP contribution is -2.19. The average molecular weight is 273 g/mol. The monoisotopic (exact) mass is 273 g/mol. The molecule has 0 radical (unpaired) electrons. The van der Waals surface area contributed by atoms with Gasteiger partial charge < -0.3 is 0 Å². The zero-order valence-electron chi connectivity index (χ0n) is 10.9. The largest absolute Gasteiger partial charge is 0.272 e. The first-order chi connectivity index (χ1) is 9.20. The van der Waals surface area contributed by atoms with Crippen LogP contribution in [-0.4, -0.2) is 16.6 Å². The van der Waals surface area contributed by atoms with Gasteiger partial charge in [-0.2, -0.15) is 5.10 Å². The fourth-order valence-electron chi connectivity index (χ4n) is 1.51. The van der Waals surface area contributed by atoms with E-state index in [4.69, 9.17) is 0 Å². The fourth-order valence-corrected chi connectivity index (χ4v) is 2.41. The van der Waals surface area contributed by atoms with E-state index in [0.717, 1.165) is 17.0 Å². The molecular weight excluding hydrogens is 258 g/mol. The Bertz CT molecular complexity index is 590. The molecule has 4 nitrogen and oxygen atoms in total. The molecular formula is C14H15N3OS. The van der Waals surface area contributed by atoms with Crippen LogP contribution in [0.2, 0.25) is 0 Å². The van der Waals surface area contributed by atoms with Gasteiger partial charge in [0.2, 0.25) is 0 Å². The van der Waals surface area contributed by atoms with Gasteiger partial charge in [0.25, 0.3) is 5.91 Å². The third kappa shape index (κ3) is 3.48. The highest BCUT2D eigenvalue weighted by atomic mass is 32.1. The normalized spacial score (nSPS) is 11.4. The SMILES string of the molecule is CCc1ccc(/C(C)=N/NC(=O)c2cccnc2)s1. The number of hydrogen-bond donors (Lipinski definition) is 1. The number of hydrogen-bond acceptors (Lipinski definition) is 4. The number of hydrazone groups is 1. The first kappa shape index (κ1) is 13.4. The number of aryl methyl sites for hydroxylation is 1. The number of thiophene rings is 1. The highest BCUT2D eigenvalue weighted by Gasteiger charge is 2.05. The van der Waals surface area contributed by atoms with Crippen molar-refractivity contribution in [2.24, 2.45) is 5.10 Å². The second-order valence-corrected chi connectivity index (χ2v) is 5.17. The number of nitrogens with zero attached hydrogens (tertiary/aromatic N) is 2. The molecule has 1 N–H and O–H groups in total. The molecule has 1 amide bonds. The van der Waals surface area contributed by atoms with Crippen molar-refractivity contribution < 1.29 is 4.79 Å². The van der Waals surface area contributed by atoms with Crippen molar-refractivity contribution in [2.45, 2.75) is 20.3 Å². The quantitative estimate of drug-likeness (QED) is 0.688. The van der Waals surface area contributed by atoms with Gasteiger partial charge >= 0.3 is 0 Å². The van der Waals surface area contributed by atoms with Gasteiger partial charge in [0.1, 0.15) is 0 Å². The van der Waals surface area contributed by atoms with Crippen molar-refractivity contribution in [3.63, 3.8) is 0 Å². The van der Waals surface area contributed by atoms with Crippen LogP contribution in [0.4, 0.5) is 0 Å². The number of aromatic nitrogens is 1. The van der Waals surface area contributed by atoms with Gasteiger partial charge in [-0.25, -0.2) is 5.43 Å². The van der Waals surface area contributed by atoms with E-state index < -0.39 is 0 Å². The lowest BCUT2D eigenvalue weighted by molar-refractivity contribution is 0.0954. The molecule has 0 atom stereocenters. The fraction of sp³-hybridized carbons (Fsp3) is 0.214. The van der Waals surface area contributed by atoms with Crippen LogP contribution in [0.5, 0.6) is 0 Å². The summed E-state index contributed by atoms with van der Waals surface area (Å²) in [7, 11) is 0. The van der Waals surface area contributed by atoms with E-state index in [0.29, 0.717) is 5.56 Å². The van der Waals surface area contributed by atoms with Gasteiger partial charge in [0.15, 0.2) is 0 Å². The Hall–Kier alpha value is -2.01. The molecule has 5 heteroatoms. The summed E-state index contributed by atoms with van der Waals surface area (Å²) in [6.45, 7) is 4.00. The molecule has 0 saturated heterocycles. The Balaban J connectivity index is 2.04. The molecule has 0 unspecified atom stereocenters. The number of rotatable bonds is 4. The maximum atomic E-state index is 11.8. The van der Waals surface area contributed by atoms with Crippen LogP contribution in [0.1, 0.15) is 34.0 Å². The van der Waals surface area contributed by atoms with Crippen molar-refractivity contribution in [2.75, 3.05) is 0 Å². The van der Waals surface area contributed by atoms with E-state index in [-0.39, 0.29) is 5.91 Å². The summed E-state index contributed by atoms with van der Waals surface area (Å²) in [5.74, 6) is -0.250. The summed E-state index contributed by atoms with van der Waals surface area (Å²) in [6, 6.07) is 7.53. The molecule has 2 aromatic rings. The molecule has 0 bridgehead atoms. The first-order valence-corrected chi connectivity index (χ1v) is 6.86. The zero-order valence-corrected chi connectivity index (χ0v) is 11.7. The van der Waals surface area contributed by atoms with Crippen molar-refractivity contribution in [3.8, 4) is 0 Å². The summed E-state index contributed by atoms with van der Waals surface area (Å²) in [5.41, 5.74) is 3.85. The van der Waals surface area contributed by atoms with E-state index in [1.807, 2.05) is 13.0 Å². The Morgan fingerprint density at radius 3 is 2.89 bits per heavy atom. The number of carbonyl (C=O) groups is 1. The van der Waals surface area contributed by atoms with E-state index in [2.05, 4.69) is 28.5 Å². The topological polar surface area (TPSA) is 54.4 Å². The first-order valence-electron chi connectivity index (χ1n) is 6.04. The molecule has 0 aliphatic carbocycles. The lowest BCUT2D eigenvalue weighted by Gasteiger charge is -2.00. The summed E-state index contributed by atoms with van der Waals surface area (Å²) in [5, 5.41) is 4.12. The summed E-state index contributed by atoms with van der Waals surface area (Å²) >= 11 is 1.69. The van der Waals surface area contributed by atoms with Crippen LogP contribution in [-0.2, 0) is 6.42 Å². The van der Waals surface area contributed by atoms with Crippen LogP contribution in [0.3, 0.4) is 0 Å². The van der Waals surface area contributed by atoms with Crippen LogP contribution in [0.15, 0.2) is 41.8 Å². The molecule has 98 valence electrons. The van der Waals surface area contributed by atoms with Crippen LogP contribution in [0.25, 0.3) is 0 Å². The third-order valence-electron chi connectivity index (χ3n) is 2.62. The Morgan fingerprint density at radius 1 is 1.42 bits per heavy atom. The van der Waals surface area contributed by atoms with Crippen LogP contribution >= 0.6 is 11.3 Å². The number of nitrogens with one attached hydrogen (secondary N) is 1. The van der Waals surface area contributed by atoms with Gasteiger partial charge in [0, 0.05) is 17.3 Å². The van der Waals surface area contributed by atoms with Gasteiger partial charge in [0.05, 0.1) is 16.2 Å². The smallest absolute Gasteiger partial charge is 0.267 e. The predicted molar refractivity (Wildman–Crippen MR) is 77.6 cm³/mol. The standard InChI is InChI=1S/C14H15N3OS/c1-3-12-6-7-13(19-12)10(2)16-17-14(18)11-5-4-8-15-9-11/h4-9H,3H2,1-2H3,(H,17,18)/b16-10+. The molecule has 2 heterocycles. The molecule has 2 rings (SSSR count). The Labute approximate surface area is 116 Å². The molecule has 0 fully saturated rings. The van der Waals surface area contributed by atoms with Gasteiger partial charge in [-0.1, -0.05) is 6.92 Å². The van der Waals surface area contributed by atoms with Crippen molar-refractivity contribution in [1.29, 1.82) is 0 Å². The lowest BCUT2D eigenvalue weighted by atomic mass is 10.3. The second kappa shape index (κ2) is 6.24. The molecule has 0 aromatic carbocycles. The maximum Gasteiger partial charge on any atom is 0.272 e. The Morgan fingerprint density at radius 2 is 2.26 bits per heavy atom. The highest BCUT2D eigenvalue weighted by Crippen LogP contribution is 2.17. The zero-order chi connectivity index (χ0) is 13.7. The summed E-state index contributed by atoms with van der Waals surface area (Å²) in [4.78, 5) is 18.1. The maximum absolute atomic E-state index is 11.8. The minimum absolute atomic E-state index is 0.250. The van der Waals surface area contributed by atoms with Crippen molar-refractivity contribution in [3.05, 3.63) is 52.0 Å². The minimum Gasteiger partial charge on any atom is -0.267 e. The Kier molecular flexibility index (Phi) is 4.41. The van der Waals surface area contributed by atoms with Gasteiger partial charge in [-0.15, -0.1) is 11.3 Å². The summed E-state index contributed by atoms with van der Waals surface area (Å²) < 4.78 is 0. The molecule has 0 saturated carbocycles. The predicted octanol–water partition coefficient (Wildman–Crippen LogP) is 2.86. The number of pyridine rings is 1. The van der Waals surface area contributed by atoms with E-state index in [9.17, 15) is 4.79 Å². The van der Waals surface area contributed by atoms with Crippen molar-refractivity contribution >= 4 is 23.0 Å². The average Bonchev–Trinajstić information content (AvgIpc) is 2.94. The molecule has 0 aliphatic rings. The molecule has 0 spiro atoms. The minimum atomic E-state index is -0.250. The van der Waals surface area contributed by atoms with Gasteiger partial charge in [-0.05, 0) is 37.6 Å². The number of carbonyl (C=O) groups excluding carboxylic acids is 1. The van der Waals surface area contributed by atoms with Crippen LogP contribution < -0.4 is 5.43 Å². The molecule has 2 aromatic heterocycles. The second-order valence-electron chi connectivity index (χ2n) is 4.00. The van der Waals surface area contributed by atoms with E-state index in [1.54, 1.807) is 29.7 Å². The molecule has 0 aliphatic heterocycles. The van der Waals surface area contributed by atoms with Crippen molar-refractivity contribution in [1.82, 2.24) is 10.4 Å². The third-order valence-corrected chi connectivity index (χ3v) is 3.95. The van der Waals surface area contributed by atoms with E-state index >= 15 is 0 Å². The molecule has 19 heavy (non-hydrogen) atoms. The van der Waals surface area contributed by atoms with E-state index in [1.165, 1.54) is 11.1 Å². The van der Waals surface area contributed by atoms with Gasteiger partial charge in [-0.3, -0.25) is 9.78 Å². The van der Waals surface area contributed by atoms with Crippen LogP contribution in [0, 0.1) is 0 Å². The number of amides is 1. The highest BCUT2D eigenvalue weighted by molar-refractivity contribution is 7.14. The summed E-state index contributed by atoms with van der Waals surface area (Å²) in [6.07, 6.45) is 4.16.